The molecule has 16 heavy (non-hydrogen) atoms. The summed E-state index contributed by atoms with van der Waals surface area (Å²) in [5.41, 5.74) is 0. The zero-order valence-electron chi connectivity index (χ0n) is 8.61. The molecule has 0 amide bonds. The molecule has 1 fully saturated rings. The number of thioether (sulfide) groups is 1. The van der Waals surface area contributed by atoms with Crippen molar-refractivity contribution in [3.05, 3.63) is 24.3 Å². The van der Waals surface area contributed by atoms with Gasteiger partial charge in [0.05, 0.1) is 12.7 Å². The summed E-state index contributed by atoms with van der Waals surface area (Å²) in [5, 5.41) is 28.1. The van der Waals surface area contributed by atoms with Gasteiger partial charge in [-0.2, -0.15) is 0 Å². The fourth-order valence-electron chi connectivity index (χ4n) is 1.57. The standard InChI is InChI=1S/C11H14O4S/c12-7-2-1-3-8(4-7)16-6-10-11(14)9(13)5-15-10/h1-4,9-14H,5-6H2. The van der Waals surface area contributed by atoms with Gasteiger partial charge in [0, 0.05) is 10.6 Å². The number of rotatable bonds is 3. The van der Waals surface area contributed by atoms with Crippen LogP contribution in [0.4, 0.5) is 0 Å². The minimum absolute atomic E-state index is 0.187. The van der Waals surface area contributed by atoms with Crippen LogP contribution in [-0.2, 0) is 4.74 Å². The van der Waals surface area contributed by atoms with E-state index in [0.717, 1.165) is 4.90 Å². The van der Waals surface area contributed by atoms with Gasteiger partial charge in [0.1, 0.15) is 18.0 Å². The van der Waals surface area contributed by atoms with Crippen LogP contribution < -0.4 is 0 Å². The highest BCUT2D eigenvalue weighted by molar-refractivity contribution is 7.99. The number of hydrogen-bond donors (Lipinski definition) is 3. The van der Waals surface area contributed by atoms with Gasteiger partial charge in [-0.05, 0) is 18.2 Å². The zero-order valence-corrected chi connectivity index (χ0v) is 9.43. The van der Waals surface area contributed by atoms with Crippen molar-refractivity contribution in [3.8, 4) is 5.75 Å². The van der Waals surface area contributed by atoms with E-state index in [0.29, 0.717) is 5.75 Å². The van der Waals surface area contributed by atoms with Crippen LogP contribution in [0.3, 0.4) is 0 Å². The van der Waals surface area contributed by atoms with E-state index in [4.69, 9.17) is 4.74 Å². The molecule has 1 heterocycles. The van der Waals surface area contributed by atoms with Gasteiger partial charge < -0.3 is 20.1 Å². The predicted molar refractivity (Wildman–Crippen MR) is 60.6 cm³/mol. The summed E-state index contributed by atoms with van der Waals surface area (Å²) >= 11 is 1.48. The number of phenolic OH excluding ortho intramolecular Hbond substituents is 1. The summed E-state index contributed by atoms with van der Waals surface area (Å²) in [4.78, 5) is 0.914. The maximum absolute atomic E-state index is 9.55. The van der Waals surface area contributed by atoms with E-state index < -0.39 is 12.2 Å². The number of aromatic hydroxyl groups is 1. The molecule has 0 aromatic heterocycles. The Labute approximate surface area is 97.9 Å². The van der Waals surface area contributed by atoms with Crippen molar-refractivity contribution in [1.82, 2.24) is 0 Å². The van der Waals surface area contributed by atoms with Crippen LogP contribution in [0.15, 0.2) is 29.2 Å². The Morgan fingerprint density at radius 3 is 2.81 bits per heavy atom. The van der Waals surface area contributed by atoms with Crippen LogP contribution in [0.25, 0.3) is 0 Å². The quantitative estimate of drug-likeness (QED) is 0.677. The van der Waals surface area contributed by atoms with E-state index in [1.54, 1.807) is 18.2 Å². The minimum Gasteiger partial charge on any atom is -0.508 e. The molecule has 0 saturated carbocycles. The second kappa shape index (κ2) is 5.05. The maximum atomic E-state index is 9.55. The first kappa shape index (κ1) is 11.7. The molecule has 3 unspecified atom stereocenters. The van der Waals surface area contributed by atoms with Crippen LogP contribution in [-0.4, -0.2) is 46.0 Å². The second-order valence-electron chi connectivity index (χ2n) is 3.74. The minimum atomic E-state index is -0.815. The SMILES string of the molecule is Oc1cccc(SCC2OCC(O)C2O)c1. The first-order valence-electron chi connectivity index (χ1n) is 5.06. The van der Waals surface area contributed by atoms with Crippen LogP contribution in [0, 0.1) is 0 Å². The fourth-order valence-corrected chi connectivity index (χ4v) is 2.59. The number of aliphatic hydroxyl groups excluding tert-OH is 2. The number of aliphatic hydroxyl groups is 2. The van der Waals surface area contributed by atoms with Crippen LogP contribution in [0.1, 0.15) is 0 Å². The van der Waals surface area contributed by atoms with Gasteiger partial charge >= 0.3 is 0 Å². The molecule has 0 bridgehead atoms. The summed E-state index contributed by atoms with van der Waals surface area (Å²) in [6, 6.07) is 6.90. The van der Waals surface area contributed by atoms with Gasteiger partial charge in [0.2, 0.25) is 0 Å². The van der Waals surface area contributed by atoms with Crippen molar-refractivity contribution >= 4 is 11.8 Å². The maximum Gasteiger partial charge on any atom is 0.116 e. The lowest BCUT2D eigenvalue weighted by Crippen LogP contribution is -2.31. The Morgan fingerprint density at radius 1 is 1.38 bits per heavy atom. The Morgan fingerprint density at radius 2 is 2.19 bits per heavy atom. The summed E-state index contributed by atoms with van der Waals surface area (Å²) in [6.07, 6.45) is -1.94. The molecular weight excluding hydrogens is 228 g/mol. The van der Waals surface area contributed by atoms with Gasteiger partial charge in [-0.15, -0.1) is 11.8 Å². The number of hydrogen-bond acceptors (Lipinski definition) is 5. The van der Waals surface area contributed by atoms with Crippen molar-refractivity contribution in [3.63, 3.8) is 0 Å². The summed E-state index contributed by atoms with van der Waals surface area (Å²) in [7, 11) is 0. The monoisotopic (exact) mass is 242 g/mol. The Hall–Kier alpha value is -0.750. The third-order valence-electron chi connectivity index (χ3n) is 2.49. The van der Waals surface area contributed by atoms with E-state index in [2.05, 4.69) is 0 Å². The average Bonchev–Trinajstić information content (AvgIpc) is 2.57. The molecule has 1 aliphatic rings. The molecule has 1 aromatic rings. The lowest BCUT2D eigenvalue weighted by atomic mass is 10.2. The molecule has 5 heteroatoms. The molecule has 1 aliphatic heterocycles. The van der Waals surface area contributed by atoms with Crippen molar-refractivity contribution in [1.29, 1.82) is 0 Å². The summed E-state index contributed by atoms with van der Waals surface area (Å²) in [6.45, 7) is 0.187. The molecular formula is C11H14O4S. The van der Waals surface area contributed by atoms with Crippen molar-refractivity contribution in [2.45, 2.75) is 23.2 Å². The molecule has 4 nitrogen and oxygen atoms in total. The molecule has 1 aromatic carbocycles. The van der Waals surface area contributed by atoms with E-state index in [1.165, 1.54) is 11.8 Å². The lowest BCUT2D eigenvalue weighted by molar-refractivity contribution is 0.0337. The van der Waals surface area contributed by atoms with E-state index in [1.807, 2.05) is 6.07 Å². The molecule has 88 valence electrons. The van der Waals surface area contributed by atoms with Gasteiger partial charge in [0.25, 0.3) is 0 Å². The van der Waals surface area contributed by atoms with Gasteiger partial charge in [0.15, 0.2) is 0 Å². The van der Waals surface area contributed by atoms with Crippen LogP contribution >= 0.6 is 11.8 Å². The molecule has 2 rings (SSSR count). The number of benzene rings is 1. The van der Waals surface area contributed by atoms with Crippen LogP contribution in [0.5, 0.6) is 5.75 Å². The lowest BCUT2D eigenvalue weighted by Gasteiger charge is -2.14. The van der Waals surface area contributed by atoms with Gasteiger partial charge in [-0.3, -0.25) is 0 Å². The highest BCUT2D eigenvalue weighted by Gasteiger charge is 2.34. The number of ether oxygens (including phenoxy) is 1. The third-order valence-corrected chi connectivity index (χ3v) is 3.57. The molecule has 3 N–H and O–H groups in total. The largest absolute Gasteiger partial charge is 0.508 e. The van der Waals surface area contributed by atoms with Crippen molar-refractivity contribution < 1.29 is 20.1 Å². The van der Waals surface area contributed by atoms with E-state index >= 15 is 0 Å². The normalized spacial score (nSPS) is 29.5. The molecule has 3 atom stereocenters. The first-order valence-corrected chi connectivity index (χ1v) is 6.05. The molecule has 0 radical (unpaired) electrons. The summed E-state index contributed by atoms with van der Waals surface area (Å²) in [5.74, 6) is 0.778. The van der Waals surface area contributed by atoms with Gasteiger partial charge in [-0.25, -0.2) is 0 Å². The van der Waals surface area contributed by atoms with Gasteiger partial charge in [-0.1, -0.05) is 6.07 Å². The topological polar surface area (TPSA) is 69.9 Å². The van der Waals surface area contributed by atoms with E-state index in [9.17, 15) is 15.3 Å². The highest BCUT2D eigenvalue weighted by Crippen LogP contribution is 2.26. The molecule has 1 saturated heterocycles. The summed E-state index contributed by atoms with van der Waals surface area (Å²) < 4.78 is 5.25. The smallest absolute Gasteiger partial charge is 0.116 e. The second-order valence-corrected chi connectivity index (χ2v) is 4.83. The Kier molecular flexibility index (Phi) is 3.70. The fraction of sp³-hybridized carbons (Fsp3) is 0.455. The van der Waals surface area contributed by atoms with E-state index in [-0.39, 0.29) is 18.5 Å². The Balaban J connectivity index is 1.88. The highest BCUT2D eigenvalue weighted by atomic mass is 32.2. The average molecular weight is 242 g/mol. The van der Waals surface area contributed by atoms with Crippen LogP contribution in [0.2, 0.25) is 0 Å². The Bertz CT molecular complexity index is 358. The predicted octanol–water partition coefficient (Wildman–Crippen LogP) is 0.605. The number of phenols is 1. The molecule has 0 spiro atoms. The molecule has 0 aliphatic carbocycles. The first-order chi connectivity index (χ1) is 7.66. The van der Waals surface area contributed by atoms with Crippen molar-refractivity contribution in [2.24, 2.45) is 0 Å². The van der Waals surface area contributed by atoms with Crippen molar-refractivity contribution in [2.75, 3.05) is 12.4 Å². The third kappa shape index (κ3) is 2.68. The zero-order chi connectivity index (χ0) is 11.5.